The molecule has 1 N–H and O–H groups in total. The van der Waals surface area contributed by atoms with Gasteiger partial charge in [0.25, 0.3) is 0 Å². The molecule has 1 aliphatic carbocycles. The van der Waals surface area contributed by atoms with Crippen LogP contribution in [0.4, 0.5) is 0 Å². The maximum Gasteiger partial charge on any atom is 0.228 e. The second kappa shape index (κ2) is 7.13. The molecule has 1 aliphatic rings. The Morgan fingerprint density at radius 1 is 1.40 bits per heavy atom. The van der Waals surface area contributed by atoms with Crippen LogP contribution in [0.3, 0.4) is 0 Å². The molecule has 0 saturated heterocycles. The predicted octanol–water partition coefficient (Wildman–Crippen LogP) is 3.27. The zero-order valence-corrected chi connectivity index (χ0v) is 12.1. The summed E-state index contributed by atoms with van der Waals surface area (Å²) in [5, 5.41) is 2.95. The molecule has 0 aliphatic heterocycles. The van der Waals surface area contributed by atoms with Crippen LogP contribution in [0.25, 0.3) is 0 Å². The molecule has 0 aromatic heterocycles. The van der Waals surface area contributed by atoms with Gasteiger partial charge in [-0.3, -0.25) is 4.79 Å². The van der Waals surface area contributed by atoms with Crippen molar-refractivity contribution < 1.29 is 9.53 Å². The molecule has 1 aromatic carbocycles. The zero-order valence-electron chi connectivity index (χ0n) is 12.1. The van der Waals surface area contributed by atoms with Crippen molar-refractivity contribution in [2.24, 2.45) is 5.92 Å². The van der Waals surface area contributed by atoms with Crippen LogP contribution in [-0.2, 0) is 4.79 Å². The van der Waals surface area contributed by atoms with Crippen LogP contribution in [-0.4, -0.2) is 19.6 Å². The molecule has 1 unspecified atom stereocenters. The maximum atomic E-state index is 12.5. The molecule has 1 atom stereocenters. The summed E-state index contributed by atoms with van der Waals surface area (Å²) in [7, 11) is 1.65. The Morgan fingerprint density at radius 3 is 2.60 bits per heavy atom. The highest BCUT2D eigenvalue weighted by Gasteiger charge is 2.31. The first-order valence-electron chi connectivity index (χ1n) is 7.29. The van der Waals surface area contributed by atoms with Gasteiger partial charge < -0.3 is 10.1 Å². The lowest BCUT2D eigenvalue weighted by Gasteiger charge is -2.23. The monoisotopic (exact) mass is 273 g/mol. The minimum absolute atomic E-state index is 0.0524. The van der Waals surface area contributed by atoms with E-state index >= 15 is 0 Å². The predicted molar refractivity (Wildman–Crippen MR) is 80.9 cm³/mol. The molecule has 0 heterocycles. The van der Waals surface area contributed by atoms with E-state index in [1.165, 1.54) is 12.8 Å². The van der Waals surface area contributed by atoms with E-state index in [9.17, 15) is 4.79 Å². The molecule has 0 spiro atoms. The van der Waals surface area contributed by atoms with E-state index in [0.717, 1.165) is 24.2 Å². The van der Waals surface area contributed by atoms with Crippen LogP contribution in [0, 0.1) is 5.92 Å². The second-order valence-corrected chi connectivity index (χ2v) is 5.33. The van der Waals surface area contributed by atoms with Gasteiger partial charge in [-0.05, 0) is 36.5 Å². The van der Waals surface area contributed by atoms with Crippen LogP contribution in [0.2, 0.25) is 0 Å². The van der Waals surface area contributed by atoms with Crippen molar-refractivity contribution in [1.29, 1.82) is 0 Å². The van der Waals surface area contributed by atoms with Gasteiger partial charge in [0.2, 0.25) is 5.91 Å². The number of hydrogen-bond acceptors (Lipinski definition) is 2. The minimum Gasteiger partial charge on any atom is -0.497 e. The largest absolute Gasteiger partial charge is 0.497 e. The Bertz CT molecular complexity index is 447. The summed E-state index contributed by atoms with van der Waals surface area (Å²) in [4.78, 5) is 12.5. The van der Waals surface area contributed by atoms with Crippen LogP contribution in [0.1, 0.15) is 37.2 Å². The van der Waals surface area contributed by atoms with Gasteiger partial charge in [-0.25, -0.2) is 0 Å². The van der Waals surface area contributed by atoms with Gasteiger partial charge in [0.1, 0.15) is 5.75 Å². The Morgan fingerprint density at radius 2 is 2.05 bits per heavy atom. The molecule has 1 saturated carbocycles. The number of carbonyl (C=O) groups is 1. The van der Waals surface area contributed by atoms with Crippen molar-refractivity contribution in [2.75, 3.05) is 13.7 Å². The smallest absolute Gasteiger partial charge is 0.228 e. The number of rotatable bonds is 6. The van der Waals surface area contributed by atoms with Gasteiger partial charge in [-0.2, -0.15) is 0 Å². The number of ether oxygens (including phenoxy) is 1. The summed E-state index contributed by atoms with van der Waals surface area (Å²) in [6, 6.07) is 7.88. The molecule has 3 nitrogen and oxygen atoms in total. The summed E-state index contributed by atoms with van der Waals surface area (Å²) < 4.78 is 5.19. The van der Waals surface area contributed by atoms with E-state index in [1.54, 1.807) is 13.2 Å². The normalized spacial score (nSPS) is 16.6. The fourth-order valence-corrected chi connectivity index (χ4v) is 3.02. The Labute approximate surface area is 121 Å². The topological polar surface area (TPSA) is 38.3 Å². The van der Waals surface area contributed by atoms with Gasteiger partial charge in [0.05, 0.1) is 13.0 Å². The summed E-state index contributed by atoms with van der Waals surface area (Å²) >= 11 is 0. The van der Waals surface area contributed by atoms with E-state index in [2.05, 4.69) is 11.9 Å². The fourth-order valence-electron chi connectivity index (χ4n) is 3.02. The summed E-state index contributed by atoms with van der Waals surface area (Å²) in [6.45, 7) is 4.18. The third-order valence-electron chi connectivity index (χ3n) is 4.05. The number of carbonyl (C=O) groups excluding carboxylic acids is 1. The average molecular weight is 273 g/mol. The molecule has 2 rings (SSSR count). The number of amides is 1. The molecular weight excluding hydrogens is 250 g/mol. The lowest BCUT2D eigenvalue weighted by atomic mass is 9.84. The van der Waals surface area contributed by atoms with Crippen LogP contribution in [0.5, 0.6) is 5.75 Å². The fraction of sp³-hybridized carbons (Fsp3) is 0.471. The number of benzene rings is 1. The molecule has 1 fully saturated rings. The zero-order chi connectivity index (χ0) is 14.4. The van der Waals surface area contributed by atoms with Gasteiger partial charge in [-0.15, -0.1) is 6.58 Å². The van der Waals surface area contributed by atoms with E-state index in [1.807, 2.05) is 24.3 Å². The van der Waals surface area contributed by atoms with Crippen molar-refractivity contribution in [1.82, 2.24) is 5.32 Å². The minimum atomic E-state index is -0.0524. The molecular formula is C17H23NO2. The molecule has 1 aromatic rings. The number of hydrogen-bond donors (Lipinski definition) is 1. The number of nitrogens with one attached hydrogen (secondary N) is 1. The maximum absolute atomic E-state index is 12.5. The first kappa shape index (κ1) is 14.6. The average Bonchev–Trinajstić information content (AvgIpc) is 3.00. The van der Waals surface area contributed by atoms with Gasteiger partial charge >= 0.3 is 0 Å². The van der Waals surface area contributed by atoms with Crippen molar-refractivity contribution in [3.63, 3.8) is 0 Å². The quantitative estimate of drug-likeness (QED) is 0.808. The van der Waals surface area contributed by atoms with Crippen LogP contribution >= 0.6 is 0 Å². The van der Waals surface area contributed by atoms with Crippen LogP contribution < -0.4 is 10.1 Å². The van der Waals surface area contributed by atoms with E-state index < -0.39 is 0 Å². The summed E-state index contributed by atoms with van der Waals surface area (Å²) in [6.07, 6.45) is 6.45. The highest BCUT2D eigenvalue weighted by molar-refractivity contribution is 5.84. The van der Waals surface area contributed by atoms with Gasteiger partial charge in [-0.1, -0.05) is 31.1 Å². The standard InChI is InChI=1S/C17H23NO2/c1-3-12-18-17(19)16(13-6-4-5-7-13)14-8-10-15(20-2)11-9-14/h3,8-11,13,16H,1,4-7,12H2,2H3,(H,18,19). The summed E-state index contributed by atoms with van der Waals surface area (Å²) in [5.74, 6) is 1.34. The van der Waals surface area contributed by atoms with Gasteiger partial charge in [0, 0.05) is 6.54 Å². The second-order valence-electron chi connectivity index (χ2n) is 5.33. The molecule has 3 heteroatoms. The summed E-state index contributed by atoms with van der Waals surface area (Å²) in [5.41, 5.74) is 1.08. The lowest BCUT2D eigenvalue weighted by Crippen LogP contribution is -2.32. The Balaban J connectivity index is 2.19. The van der Waals surface area contributed by atoms with Crippen molar-refractivity contribution in [3.8, 4) is 5.75 Å². The molecule has 0 bridgehead atoms. The van der Waals surface area contributed by atoms with E-state index in [-0.39, 0.29) is 11.8 Å². The Kier molecular flexibility index (Phi) is 5.22. The Hall–Kier alpha value is -1.77. The number of methoxy groups -OCH3 is 1. The lowest BCUT2D eigenvalue weighted by molar-refractivity contribution is -0.123. The van der Waals surface area contributed by atoms with Crippen molar-refractivity contribution in [3.05, 3.63) is 42.5 Å². The van der Waals surface area contributed by atoms with E-state index in [4.69, 9.17) is 4.74 Å². The molecule has 1 amide bonds. The third-order valence-corrected chi connectivity index (χ3v) is 4.05. The first-order valence-corrected chi connectivity index (χ1v) is 7.29. The highest BCUT2D eigenvalue weighted by Crippen LogP contribution is 2.37. The van der Waals surface area contributed by atoms with Crippen molar-refractivity contribution in [2.45, 2.75) is 31.6 Å². The first-order chi connectivity index (χ1) is 9.76. The molecule has 0 radical (unpaired) electrons. The highest BCUT2D eigenvalue weighted by atomic mass is 16.5. The van der Waals surface area contributed by atoms with Crippen LogP contribution in [0.15, 0.2) is 36.9 Å². The molecule has 20 heavy (non-hydrogen) atoms. The van der Waals surface area contributed by atoms with Gasteiger partial charge in [0.15, 0.2) is 0 Å². The van der Waals surface area contributed by atoms with Crippen molar-refractivity contribution >= 4 is 5.91 Å². The third kappa shape index (κ3) is 3.41. The van der Waals surface area contributed by atoms with E-state index in [0.29, 0.717) is 12.5 Å². The molecule has 108 valence electrons. The SMILES string of the molecule is C=CCNC(=O)C(c1ccc(OC)cc1)C1CCCC1.